The van der Waals surface area contributed by atoms with Crippen molar-refractivity contribution < 1.29 is 9.90 Å². The largest absolute Gasteiger partial charge is 0.508 e. The summed E-state index contributed by atoms with van der Waals surface area (Å²) in [5, 5.41) is 9.75. The lowest BCUT2D eigenvalue weighted by atomic mass is 9.55. The third-order valence-corrected chi connectivity index (χ3v) is 7.12. The van der Waals surface area contributed by atoms with Crippen molar-refractivity contribution in [2.45, 2.75) is 64.7 Å². The van der Waals surface area contributed by atoms with Gasteiger partial charge in [-0.15, -0.1) is 0 Å². The minimum atomic E-state index is 0.215. The monoisotopic (exact) mass is 324 g/mol. The number of Topliss-reactive ketones (excluding diaryl/α,β-unsaturated/α-hetero) is 1. The van der Waals surface area contributed by atoms with Crippen LogP contribution in [-0.4, -0.2) is 10.9 Å². The Labute approximate surface area is 145 Å². The molecule has 2 nitrogen and oxygen atoms in total. The molecule has 0 aromatic heterocycles. The zero-order chi connectivity index (χ0) is 16.9. The lowest BCUT2D eigenvalue weighted by Crippen LogP contribution is -2.41. The fourth-order valence-corrected chi connectivity index (χ4v) is 5.89. The SMILES string of the molecule is CCCC=C1CCC2C3CC(=O)c4cc(O)ccc4C3CC[C@]12C. The van der Waals surface area contributed by atoms with Crippen LogP contribution in [0.2, 0.25) is 0 Å². The average molecular weight is 324 g/mol. The number of carbonyl (C=O) groups excluding carboxylic acids is 1. The predicted octanol–water partition coefficient (Wildman–Crippen LogP) is 5.62. The minimum absolute atomic E-state index is 0.215. The molecule has 0 amide bonds. The molecule has 3 aliphatic carbocycles. The number of ketones is 1. The molecule has 1 N–H and O–H groups in total. The summed E-state index contributed by atoms with van der Waals surface area (Å²) in [5.41, 5.74) is 3.95. The van der Waals surface area contributed by atoms with Crippen LogP contribution in [0, 0.1) is 17.3 Å². The quantitative estimate of drug-likeness (QED) is 0.717. The second-order valence-electron chi connectivity index (χ2n) is 8.29. The Balaban J connectivity index is 1.70. The Morgan fingerprint density at radius 1 is 1.33 bits per heavy atom. The number of aromatic hydroxyl groups is 1. The molecule has 3 aliphatic rings. The van der Waals surface area contributed by atoms with Crippen molar-refractivity contribution in [2.75, 3.05) is 0 Å². The van der Waals surface area contributed by atoms with Gasteiger partial charge in [0.25, 0.3) is 0 Å². The van der Waals surface area contributed by atoms with Gasteiger partial charge in [0.15, 0.2) is 5.78 Å². The number of fused-ring (bicyclic) bond motifs is 5. The number of unbranched alkanes of at least 4 members (excludes halogenated alkanes) is 1. The van der Waals surface area contributed by atoms with Gasteiger partial charge < -0.3 is 5.11 Å². The summed E-state index contributed by atoms with van der Waals surface area (Å²) in [6.45, 7) is 4.70. The number of carbonyl (C=O) groups is 1. The van der Waals surface area contributed by atoms with Gasteiger partial charge in [0.05, 0.1) is 0 Å². The highest BCUT2D eigenvalue weighted by Gasteiger charge is 2.53. The van der Waals surface area contributed by atoms with Crippen LogP contribution in [0.25, 0.3) is 0 Å². The maximum absolute atomic E-state index is 12.7. The van der Waals surface area contributed by atoms with Gasteiger partial charge in [-0.1, -0.05) is 38.0 Å². The first-order chi connectivity index (χ1) is 11.5. The number of benzene rings is 1. The molecule has 0 spiro atoms. The zero-order valence-corrected chi connectivity index (χ0v) is 14.8. The first kappa shape index (κ1) is 15.9. The molecular formula is C22H28O2. The number of hydrogen-bond donors (Lipinski definition) is 1. The van der Waals surface area contributed by atoms with Gasteiger partial charge in [0.1, 0.15) is 5.75 Å². The van der Waals surface area contributed by atoms with E-state index in [9.17, 15) is 9.90 Å². The summed E-state index contributed by atoms with van der Waals surface area (Å²) < 4.78 is 0. The second-order valence-corrected chi connectivity index (χ2v) is 8.29. The van der Waals surface area contributed by atoms with Gasteiger partial charge in [0.2, 0.25) is 0 Å². The maximum atomic E-state index is 12.7. The van der Waals surface area contributed by atoms with Crippen LogP contribution in [0.3, 0.4) is 0 Å². The number of hydrogen-bond acceptors (Lipinski definition) is 2. The lowest BCUT2D eigenvalue weighted by Gasteiger charge is -2.49. The van der Waals surface area contributed by atoms with E-state index in [0.29, 0.717) is 29.6 Å². The van der Waals surface area contributed by atoms with E-state index in [2.05, 4.69) is 19.9 Å². The van der Waals surface area contributed by atoms with Gasteiger partial charge in [0, 0.05) is 12.0 Å². The van der Waals surface area contributed by atoms with E-state index in [-0.39, 0.29) is 11.5 Å². The van der Waals surface area contributed by atoms with Gasteiger partial charge in [-0.05, 0) is 73.0 Å². The predicted molar refractivity (Wildman–Crippen MR) is 96.3 cm³/mol. The summed E-state index contributed by atoms with van der Waals surface area (Å²) in [6, 6.07) is 5.44. The fourth-order valence-electron chi connectivity index (χ4n) is 5.89. The summed E-state index contributed by atoms with van der Waals surface area (Å²) >= 11 is 0. The molecule has 2 heteroatoms. The van der Waals surface area contributed by atoms with Crippen molar-refractivity contribution in [3.05, 3.63) is 41.0 Å². The molecule has 0 aliphatic heterocycles. The first-order valence-corrected chi connectivity index (χ1v) is 9.60. The fraction of sp³-hybridized carbons (Fsp3) is 0.591. The molecule has 2 saturated carbocycles. The highest BCUT2D eigenvalue weighted by Crippen LogP contribution is 2.62. The molecule has 4 atom stereocenters. The minimum Gasteiger partial charge on any atom is -0.508 e. The molecule has 2 fully saturated rings. The topological polar surface area (TPSA) is 37.3 Å². The smallest absolute Gasteiger partial charge is 0.163 e. The van der Waals surface area contributed by atoms with Crippen molar-refractivity contribution >= 4 is 5.78 Å². The normalized spacial score (nSPS) is 36.3. The summed E-state index contributed by atoms with van der Waals surface area (Å²) in [4.78, 5) is 12.7. The first-order valence-electron chi connectivity index (χ1n) is 9.60. The van der Waals surface area contributed by atoms with E-state index in [1.54, 1.807) is 17.7 Å². The highest BCUT2D eigenvalue weighted by atomic mass is 16.3. The van der Waals surface area contributed by atoms with Crippen LogP contribution in [0.15, 0.2) is 29.8 Å². The molecule has 3 unspecified atom stereocenters. The number of phenolic OH excluding ortho intramolecular Hbond substituents is 1. The standard InChI is InChI=1S/C22H28O2/c1-3-4-5-14-6-9-20-18-13-21(24)19-12-15(23)7-8-16(19)17(18)10-11-22(14,20)2/h5,7-8,12,17-18,20,23H,3-4,6,9-11,13H2,1-2H3/t17?,18?,20?,22-/m1/s1. The van der Waals surface area contributed by atoms with Crippen LogP contribution < -0.4 is 0 Å². The Kier molecular flexibility index (Phi) is 3.82. The molecule has 1 aromatic carbocycles. The Hall–Kier alpha value is -1.57. The van der Waals surface area contributed by atoms with Crippen LogP contribution in [-0.2, 0) is 0 Å². The van der Waals surface area contributed by atoms with Gasteiger partial charge in [-0.2, -0.15) is 0 Å². The second kappa shape index (κ2) is 5.75. The van der Waals surface area contributed by atoms with Crippen molar-refractivity contribution in [1.82, 2.24) is 0 Å². The van der Waals surface area contributed by atoms with Crippen molar-refractivity contribution in [3.8, 4) is 5.75 Å². The molecule has 0 radical (unpaired) electrons. The molecule has 0 saturated heterocycles. The van der Waals surface area contributed by atoms with Crippen molar-refractivity contribution in [3.63, 3.8) is 0 Å². The number of phenols is 1. The van der Waals surface area contributed by atoms with E-state index < -0.39 is 0 Å². The van der Waals surface area contributed by atoms with E-state index in [0.717, 1.165) is 5.56 Å². The Morgan fingerprint density at radius 3 is 2.96 bits per heavy atom. The zero-order valence-electron chi connectivity index (χ0n) is 14.8. The third-order valence-electron chi connectivity index (χ3n) is 7.12. The lowest BCUT2D eigenvalue weighted by molar-refractivity contribution is 0.0652. The average Bonchev–Trinajstić information content (AvgIpc) is 2.90. The van der Waals surface area contributed by atoms with Crippen LogP contribution >= 0.6 is 0 Å². The van der Waals surface area contributed by atoms with Crippen molar-refractivity contribution in [2.24, 2.45) is 17.3 Å². The van der Waals surface area contributed by atoms with E-state index >= 15 is 0 Å². The Bertz CT molecular complexity index is 702. The Morgan fingerprint density at radius 2 is 2.17 bits per heavy atom. The van der Waals surface area contributed by atoms with E-state index in [4.69, 9.17) is 0 Å². The van der Waals surface area contributed by atoms with Crippen LogP contribution in [0.1, 0.15) is 80.6 Å². The summed E-state index contributed by atoms with van der Waals surface area (Å²) in [5.74, 6) is 2.08. The maximum Gasteiger partial charge on any atom is 0.163 e. The highest BCUT2D eigenvalue weighted by molar-refractivity contribution is 5.99. The van der Waals surface area contributed by atoms with Crippen LogP contribution in [0.5, 0.6) is 5.75 Å². The number of allylic oxidation sites excluding steroid dienone is 2. The van der Waals surface area contributed by atoms with Crippen LogP contribution in [0.4, 0.5) is 0 Å². The van der Waals surface area contributed by atoms with Crippen molar-refractivity contribution in [1.29, 1.82) is 0 Å². The molecular weight excluding hydrogens is 296 g/mol. The van der Waals surface area contributed by atoms with Gasteiger partial charge in [-0.25, -0.2) is 0 Å². The molecule has 0 heterocycles. The molecule has 128 valence electrons. The molecule has 4 rings (SSSR count). The van der Waals surface area contributed by atoms with Gasteiger partial charge in [-0.3, -0.25) is 4.79 Å². The molecule has 1 aromatic rings. The summed E-state index contributed by atoms with van der Waals surface area (Å²) in [7, 11) is 0. The third kappa shape index (κ3) is 2.26. The summed E-state index contributed by atoms with van der Waals surface area (Å²) in [6.07, 6.45) is 10.4. The number of rotatable bonds is 2. The van der Waals surface area contributed by atoms with E-state index in [1.165, 1.54) is 44.1 Å². The molecule has 24 heavy (non-hydrogen) atoms. The molecule has 0 bridgehead atoms. The van der Waals surface area contributed by atoms with E-state index in [1.807, 2.05) is 6.07 Å². The van der Waals surface area contributed by atoms with Gasteiger partial charge >= 0.3 is 0 Å².